The van der Waals surface area contributed by atoms with Crippen LogP contribution in [0.15, 0.2) is 24.4 Å². The molecule has 1 fully saturated rings. The Balaban J connectivity index is 0.00000176. The number of anilines is 1. The molecule has 0 spiro atoms. The van der Waals surface area contributed by atoms with Gasteiger partial charge in [0.05, 0.1) is 5.54 Å². The molecule has 4 nitrogen and oxygen atoms in total. The van der Waals surface area contributed by atoms with E-state index in [-0.39, 0.29) is 18.3 Å². The number of amides is 1. The van der Waals surface area contributed by atoms with Crippen molar-refractivity contribution in [1.82, 2.24) is 4.98 Å². The second kappa shape index (κ2) is 6.28. The summed E-state index contributed by atoms with van der Waals surface area (Å²) >= 11 is 1.25. The third kappa shape index (κ3) is 3.60. The molecule has 118 valence electrons. The Bertz CT molecular complexity index is 703. The molecular weight excluding hydrogens is 332 g/mol. The van der Waals surface area contributed by atoms with Gasteiger partial charge in [-0.1, -0.05) is 6.07 Å². The summed E-state index contributed by atoms with van der Waals surface area (Å²) in [5.41, 5.74) is 5.41. The predicted octanol–water partition coefficient (Wildman–Crippen LogP) is 2.86. The monoisotopic (exact) mass is 345 g/mol. The van der Waals surface area contributed by atoms with E-state index in [0.717, 1.165) is 10.9 Å². The lowest BCUT2D eigenvalue weighted by Crippen LogP contribution is -2.37. The molecule has 8 heteroatoms. The molecule has 2 aromatic rings. The Morgan fingerprint density at radius 3 is 2.77 bits per heavy atom. The van der Waals surface area contributed by atoms with Crippen LogP contribution in [-0.4, -0.2) is 16.4 Å². The number of benzene rings is 1. The first-order valence-corrected chi connectivity index (χ1v) is 7.27. The highest BCUT2D eigenvalue weighted by Gasteiger charge is 2.46. The second-order valence-electron chi connectivity index (χ2n) is 5.15. The summed E-state index contributed by atoms with van der Waals surface area (Å²) in [7, 11) is 0. The molecule has 0 radical (unpaired) electrons. The molecule has 1 aromatic heterocycles. The maximum Gasteiger partial charge on any atom is 0.246 e. The van der Waals surface area contributed by atoms with Crippen molar-refractivity contribution in [2.24, 2.45) is 5.73 Å². The van der Waals surface area contributed by atoms with E-state index < -0.39 is 17.2 Å². The third-order valence-electron chi connectivity index (χ3n) is 3.39. The van der Waals surface area contributed by atoms with Gasteiger partial charge in [0.2, 0.25) is 5.91 Å². The molecule has 0 aliphatic heterocycles. The highest BCUT2D eigenvalue weighted by molar-refractivity contribution is 7.15. The van der Waals surface area contributed by atoms with Crippen molar-refractivity contribution < 1.29 is 13.6 Å². The highest BCUT2D eigenvalue weighted by Crippen LogP contribution is 2.34. The zero-order chi connectivity index (χ0) is 15.0. The van der Waals surface area contributed by atoms with E-state index in [1.807, 2.05) is 0 Å². The number of rotatable bonds is 4. The standard InChI is InChI=1S/C14H13F2N3OS.ClH/c15-9-2-1-8(11(16)6-9)5-10-7-18-13(21-10)19-12(20)14(17)3-4-14;/h1-2,6-7H,3-5,17H2,(H,18,19,20);1H. The van der Waals surface area contributed by atoms with Gasteiger partial charge in [-0.2, -0.15) is 0 Å². The van der Waals surface area contributed by atoms with Crippen LogP contribution in [0, 0.1) is 11.6 Å². The van der Waals surface area contributed by atoms with Gasteiger partial charge in [-0.25, -0.2) is 13.8 Å². The minimum absolute atomic E-state index is 0. The van der Waals surface area contributed by atoms with Crippen LogP contribution in [-0.2, 0) is 11.2 Å². The zero-order valence-electron chi connectivity index (χ0n) is 11.4. The van der Waals surface area contributed by atoms with E-state index in [4.69, 9.17) is 5.73 Å². The van der Waals surface area contributed by atoms with Gasteiger partial charge >= 0.3 is 0 Å². The van der Waals surface area contributed by atoms with Gasteiger partial charge in [-0.3, -0.25) is 4.79 Å². The van der Waals surface area contributed by atoms with Crippen LogP contribution in [0.5, 0.6) is 0 Å². The minimum Gasteiger partial charge on any atom is -0.317 e. The van der Waals surface area contributed by atoms with E-state index in [1.54, 1.807) is 6.20 Å². The Hall–Kier alpha value is -1.57. The van der Waals surface area contributed by atoms with Crippen LogP contribution < -0.4 is 11.1 Å². The maximum absolute atomic E-state index is 13.6. The lowest BCUT2D eigenvalue weighted by atomic mass is 10.1. The number of aromatic nitrogens is 1. The fraction of sp³-hybridized carbons (Fsp3) is 0.286. The summed E-state index contributed by atoms with van der Waals surface area (Å²) in [5, 5.41) is 3.10. The number of hydrogen-bond acceptors (Lipinski definition) is 4. The van der Waals surface area contributed by atoms with E-state index in [9.17, 15) is 13.6 Å². The molecule has 1 saturated carbocycles. The van der Waals surface area contributed by atoms with E-state index in [0.29, 0.717) is 30.0 Å². The Kier molecular flexibility index (Phi) is 4.79. The van der Waals surface area contributed by atoms with Crippen LogP contribution in [0.3, 0.4) is 0 Å². The first-order valence-electron chi connectivity index (χ1n) is 6.45. The van der Waals surface area contributed by atoms with Gasteiger partial charge < -0.3 is 11.1 Å². The lowest BCUT2D eigenvalue weighted by molar-refractivity contribution is -0.118. The topological polar surface area (TPSA) is 68.0 Å². The molecule has 1 aliphatic rings. The molecule has 1 aliphatic carbocycles. The number of hydrogen-bond donors (Lipinski definition) is 2. The largest absolute Gasteiger partial charge is 0.317 e. The van der Waals surface area contributed by atoms with E-state index in [2.05, 4.69) is 10.3 Å². The van der Waals surface area contributed by atoms with Gasteiger partial charge in [0.15, 0.2) is 5.13 Å². The zero-order valence-corrected chi connectivity index (χ0v) is 13.1. The lowest BCUT2D eigenvalue weighted by Gasteiger charge is -2.06. The molecule has 1 amide bonds. The van der Waals surface area contributed by atoms with Crippen LogP contribution in [0.2, 0.25) is 0 Å². The van der Waals surface area contributed by atoms with E-state index in [1.165, 1.54) is 23.5 Å². The van der Waals surface area contributed by atoms with Gasteiger partial charge in [0.1, 0.15) is 11.6 Å². The average molecular weight is 346 g/mol. The number of halogens is 3. The van der Waals surface area contributed by atoms with Gasteiger partial charge in [-0.15, -0.1) is 23.7 Å². The van der Waals surface area contributed by atoms with Crippen molar-refractivity contribution in [2.45, 2.75) is 24.8 Å². The molecule has 0 atom stereocenters. The van der Waals surface area contributed by atoms with Gasteiger partial charge in [0.25, 0.3) is 0 Å². The summed E-state index contributed by atoms with van der Waals surface area (Å²) in [6.45, 7) is 0. The molecule has 0 saturated heterocycles. The summed E-state index contributed by atoms with van der Waals surface area (Å²) in [5.74, 6) is -1.43. The van der Waals surface area contributed by atoms with E-state index >= 15 is 0 Å². The van der Waals surface area contributed by atoms with Crippen molar-refractivity contribution >= 4 is 34.8 Å². The van der Waals surface area contributed by atoms with Crippen LogP contribution in [0.25, 0.3) is 0 Å². The first kappa shape index (κ1) is 16.8. The van der Waals surface area contributed by atoms with Crippen molar-refractivity contribution in [3.63, 3.8) is 0 Å². The summed E-state index contributed by atoms with van der Waals surface area (Å²) in [6, 6.07) is 3.47. The molecule has 0 unspecified atom stereocenters. The predicted molar refractivity (Wildman–Crippen MR) is 83.3 cm³/mol. The SMILES string of the molecule is Cl.NC1(C(=O)Nc2ncc(Cc3ccc(F)cc3F)s2)CC1. The molecule has 1 aromatic carbocycles. The van der Waals surface area contributed by atoms with Crippen LogP contribution in [0.1, 0.15) is 23.3 Å². The number of carbonyl (C=O) groups excluding carboxylic acids is 1. The molecule has 22 heavy (non-hydrogen) atoms. The molecule has 0 bridgehead atoms. The number of nitrogens with one attached hydrogen (secondary N) is 1. The highest BCUT2D eigenvalue weighted by atomic mass is 35.5. The fourth-order valence-electron chi connectivity index (χ4n) is 1.88. The summed E-state index contributed by atoms with van der Waals surface area (Å²) in [4.78, 5) is 16.6. The fourth-order valence-corrected chi connectivity index (χ4v) is 2.71. The summed E-state index contributed by atoms with van der Waals surface area (Å²) in [6.07, 6.45) is 3.22. The van der Waals surface area contributed by atoms with Crippen LogP contribution in [0.4, 0.5) is 13.9 Å². The number of nitrogens with zero attached hydrogens (tertiary/aromatic N) is 1. The molecule has 1 heterocycles. The first-order chi connectivity index (χ1) is 9.96. The minimum atomic E-state index is -0.755. The Morgan fingerprint density at radius 1 is 1.41 bits per heavy atom. The van der Waals surface area contributed by atoms with Crippen molar-refractivity contribution in [3.05, 3.63) is 46.5 Å². The van der Waals surface area contributed by atoms with Crippen LogP contribution >= 0.6 is 23.7 Å². The number of nitrogens with two attached hydrogens (primary N) is 1. The number of thiazole rings is 1. The van der Waals surface area contributed by atoms with Crippen molar-refractivity contribution in [2.75, 3.05) is 5.32 Å². The summed E-state index contributed by atoms with van der Waals surface area (Å²) < 4.78 is 26.4. The molecule has 3 N–H and O–H groups in total. The normalized spacial score (nSPS) is 15.0. The van der Waals surface area contributed by atoms with Crippen molar-refractivity contribution in [3.8, 4) is 0 Å². The van der Waals surface area contributed by atoms with Gasteiger partial charge in [0, 0.05) is 23.6 Å². The van der Waals surface area contributed by atoms with Gasteiger partial charge in [-0.05, 0) is 24.5 Å². The number of carbonyl (C=O) groups is 1. The average Bonchev–Trinajstić information content (AvgIpc) is 3.03. The smallest absolute Gasteiger partial charge is 0.246 e. The molecular formula is C14H14ClF2N3OS. The quantitative estimate of drug-likeness (QED) is 0.895. The molecule has 3 rings (SSSR count). The maximum atomic E-state index is 13.6. The second-order valence-corrected chi connectivity index (χ2v) is 6.27. The van der Waals surface area contributed by atoms with Crippen molar-refractivity contribution in [1.29, 1.82) is 0 Å². The Labute approximate surface area is 136 Å². The Morgan fingerprint density at radius 2 is 2.14 bits per heavy atom. The third-order valence-corrected chi connectivity index (χ3v) is 4.31.